The maximum absolute atomic E-state index is 13.1. The number of allylic oxidation sites excluding steroid dienone is 2. The summed E-state index contributed by atoms with van der Waals surface area (Å²) in [7, 11) is 1.46. The van der Waals surface area contributed by atoms with Gasteiger partial charge in [0.05, 0.1) is 5.56 Å². The minimum Gasteiger partial charge on any atom is -0.341 e. The Morgan fingerprint density at radius 3 is 2.60 bits per heavy atom. The lowest BCUT2D eigenvalue weighted by Crippen LogP contribution is -2.52. The van der Waals surface area contributed by atoms with Crippen molar-refractivity contribution in [2.24, 2.45) is 7.05 Å². The molecule has 1 N–H and O–H groups in total. The first kappa shape index (κ1) is 23.1. The van der Waals surface area contributed by atoms with E-state index < -0.39 is 5.69 Å². The van der Waals surface area contributed by atoms with Crippen LogP contribution in [0.25, 0.3) is 5.57 Å². The van der Waals surface area contributed by atoms with Crippen LogP contribution in [0, 0.1) is 0 Å². The molecule has 3 heterocycles. The van der Waals surface area contributed by atoms with E-state index in [4.69, 9.17) is 0 Å². The fraction of sp³-hybridized carbons (Fsp3) is 0.462. The van der Waals surface area contributed by atoms with E-state index in [1.165, 1.54) is 11.6 Å². The number of rotatable bonds is 4. The topological polar surface area (TPSA) is 96.7 Å². The highest BCUT2D eigenvalue weighted by Gasteiger charge is 2.32. The predicted octanol–water partition coefficient (Wildman–Crippen LogP) is 2.54. The molecule has 0 bridgehead atoms. The van der Waals surface area contributed by atoms with Gasteiger partial charge in [-0.3, -0.25) is 18.7 Å². The number of urea groups is 1. The van der Waals surface area contributed by atoms with Crippen molar-refractivity contribution in [1.82, 2.24) is 18.9 Å². The quantitative estimate of drug-likeness (QED) is 0.732. The number of carbonyl (C=O) groups excluding carboxylic acids is 2. The average molecular weight is 478 g/mol. The van der Waals surface area contributed by atoms with Crippen LogP contribution in [0.5, 0.6) is 0 Å². The van der Waals surface area contributed by atoms with Crippen molar-refractivity contribution >= 4 is 23.2 Å². The van der Waals surface area contributed by atoms with E-state index in [2.05, 4.69) is 11.4 Å². The fourth-order valence-corrected chi connectivity index (χ4v) is 5.33. The number of aromatic nitrogens is 2. The number of amides is 3. The Balaban J connectivity index is 1.26. The van der Waals surface area contributed by atoms with E-state index in [9.17, 15) is 19.2 Å². The second-order valence-electron chi connectivity index (χ2n) is 9.62. The SMILES string of the molecule is Cn1c(=O)c(C2=CCCCC2)cn(CC(=O)N2CCC(N3Cc4ccccc4NC3=O)CC2)c1=O. The Kier molecular flexibility index (Phi) is 6.32. The Hall–Kier alpha value is -3.62. The molecule has 3 aliphatic rings. The molecule has 35 heavy (non-hydrogen) atoms. The summed E-state index contributed by atoms with van der Waals surface area (Å²) in [4.78, 5) is 54.7. The number of nitrogens with one attached hydrogen (secondary N) is 1. The summed E-state index contributed by atoms with van der Waals surface area (Å²) in [5.41, 5.74) is 2.61. The van der Waals surface area contributed by atoms with Crippen LogP contribution in [0.15, 0.2) is 46.1 Å². The van der Waals surface area contributed by atoms with Crippen molar-refractivity contribution in [2.75, 3.05) is 18.4 Å². The number of benzene rings is 1. The lowest BCUT2D eigenvalue weighted by atomic mass is 9.95. The fourth-order valence-electron chi connectivity index (χ4n) is 5.33. The third kappa shape index (κ3) is 4.54. The largest absolute Gasteiger partial charge is 0.341 e. The molecular weight excluding hydrogens is 446 g/mol. The van der Waals surface area contributed by atoms with Crippen LogP contribution in [0.4, 0.5) is 10.5 Å². The second kappa shape index (κ2) is 9.56. The van der Waals surface area contributed by atoms with Crippen LogP contribution in [0.3, 0.4) is 0 Å². The third-order valence-electron chi connectivity index (χ3n) is 7.41. The maximum Gasteiger partial charge on any atom is 0.331 e. The van der Waals surface area contributed by atoms with Crippen LogP contribution in [-0.2, 0) is 24.9 Å². The summed E-state index contributed by atoms with van der Waals surface area (Å²) in [6, 6.07) is 7.75. The van der Waals surface area contributed by atoms with Crippen molar-refractivity contribution in [3.63, 3.8) is 0 Å². The van der Waals surface area contributed by atoms with E-state index in [0.717, 1.165) is 47.1 Å². The van der Waals surface area contributed by atoms with Gasteiger partial charge in [-0.05, 0) is 55.7 Å². The summed E-state index contributed by atoms with van der Waals surface area (Å²) >= 11 is 0. The van der Waals surface area contributed by atoms with E-state index in [1.807, 2.05) is 29.2 Å². The van der Waals surface area contributed by atoms with Gasteiger partial charge in [0.25, 0.3) is 5.56 Å². The molecular formula is C26H31N5O4. The number of hydrogen-bond donors (Lipinski definition) is 1. The van der Waals surface area contributed by atoms with Crippen molar-refractivity contribution in [3.05, 3.63) is 68.5 Å². The Bertz CT molecular complexity index is 1300. The minimum atomic E-state index is -0.484. The van der Waals surface area contributed by atoms with Crippen LogP contribution >= 0.6 is 0 Å². The lowest BCUT2D eigenvalue weighted by Gasteiger charge is -2.40. The molecule has 1 aromatic heterocycles. The number of hydrogen-bond acceptors (Lipinski definition) is 4. The van der Waals surface area contributed by atoms with Gasteiger partial charge in [-0.25, -0.2) is 9.59 Å². The van der Waals surface area contributed by atoms with Crippen molar-refractivity contribution in [3.8, 4) is 0 Å². The highest BCUT2D eigenvalue weighted by molar-refractivity contribution is 5.92. The van der Waals surface area contributed by atoms with Crippen LogP contribution in [0.2, 0.25) is 0 Å². The summed E-state index contributed by atoms with van der Waals surface area (Å²) in [6.07, 6.45) is 8.84. The Labute approximate surface area is 203 Å². The number of fused-ring (bicyclic) bond motifs is 1. The molecule has 0 atom stereocenters. The molecule has 0 saturated carbocycles. The zero-order valence-corrected chi connectivity index (χ0v) is 20.0. The summed E-state index contributed by atoms with van der Waals surface area (Å²) in [6.45, 7) is 1.50. The first-order chi connectivity index (χ1) is 16.9. The van der Waals surface area contributed by atoms with Gasteiger partial charge in [0, 0.05) is 44.6 Å². The van der Waals surface area contributed by atoms with E-state index in [1.54, 1.807) is 11.1 Å². The molecule has 0 unspecified atom stereocenters. The zero-order valence-electron chi connectivity index (χ0n) is 20.0. The van der Waals surface area contributed by atoms with Crippen LogP contribution < -0.4 is 16.6 Å². The molecule has 0 radical (unpaired) electrons. The molecule has 2 aromatic rings. The average Bonchev–Trinajstić information content (AvgIpc) is 2.89. The molecule has 2 aliphatic heterocycles. The number of piperidine rings is 1. The standard InChI is InChI=1S/C26H31N5O4/c1-28-24(33)21(18-7-3-2-4-8-18)16-30(26(28)35)17-23(32)29-13-11-20(12-14-29)31-15-19-9-5-6-10-22(19)27-25(31)34/h5-7,9-10,16,20H,2-4,8,11-15,17H2,1H3,(H,27,34). The number of nitrogens with zero attached hydrogens (tertiary/aromatic N) is 4. The van der Waals surface area contributed by atoms with Gasteiger partial charge >= 0.3 is 11.7 Å². The van der Waals surface area contributed by atoms with E-state index in [0.29, 0.717) is 38.0 Å². The maximum atomic E-state index is 13.1. The highest BCUT2D eigenvalue weighted by atomic mass is 16.2. The second-order valence-corrected chi connectivity index (χ2v) is 9.62. The van der Waals surface area contributed by atoms with Crippen molar-refractivity contribution in [2.45, 2.75) is 57.7 Å². The molecule has 3 amide bonds. The van der Waals surface area contributed by atoms with Gasteiger partial charge < -0.3 is 15.1 Å². The smallest absolute Gasteiger partial charge is 0.331 e. The summed E-state index contributed by atoms with van der Waals surface area (Å²) in [5.74, 6) is -0.152. The predicted molar refractivity (Wildman–Crippen MR) is 133 cm³/mol. The van der Waals surface area contributed by atoms with E-state index in [-0.39, 0.29) is 30.1 Å². The van der Waals surface area contributed by atoms with Gasteiger partial charge in [0.1, 0.15) is 6.54 Å². The molecule has 1 fully saturated rings. The summed E-state index contributed by atoms with van der Waals surface area (Å²) < 4.78 is 2.45. The Morgan fingerprint density at radius 1 is 1.09 bits per heavy atom. The molecule has 9 heteroatoms. The van der Waals surface area contributed by atoms with Gasteiger partial charge in [0.2, 0.25) is 5.91 Å². The Morgan fingerprint density at radius 2 is 1.86 bits per heavy atom. The molecule has 1 aromatic carbocycles. The van der Waals surface area contributed by atoms with Gasteiger partial charge in [-0.15, -0.1) is 0 Å². The van der Waals surface area contributed by atoms with Crippen molar-refractivity contribution < 1.29 is 9.59 Å². The van der Waals surface area contributed by atoms with Gasteiger partial charge in [-0.1, -0.05) is 24.3 Å². The monoisotopic (exact) mass is 477 g/mol. The molecule has 184 valence electrons. The lowest BCUT2D eigenvalue weighted by molar-refractivity contribution is -0.133. The van der Waals surface area contributed by atoms with Crippen LogP contribution in [0.1, 0.15) is 49.7 Å². The first-order valence-corrected chi connectivity index (χ1v) is 12.4. The van der Waals surface area contributed by atoms with Gasteiger partial charge in [-0.2, -0.15) is 0 Å². The van der Waals surface area contributed by atoms with Crippen molar-refractivity contribution in [1.29, 1.82) is 0 Å². The number of carbonyl (C=O) groups is 2. The normalized spacial score (nSPS) is 18.7. The zero-order chi connectivity index (χ0) is 24.5. The number of anilines is 1. The molecule has 5 rings (SSSR count). The van der Waals surface area contributed by atoms with E-state index >= 15 is 0 Å². The van der Waals surface area contributed by atoms with Crippen LogP contribution in [-0.4, -0.2) is 50.0 Å². The number of likely N-dealkylation sites (tertiary alicyclic amines) is 1. The summed E-state index contributed by atoms with van der Waals surface area (Å²) in [5, 5.41) is 2.96. The minimum absolute atomic E-state index is 0.0533. The number of para-hydroxylation sites is 1. The highest BCUT2D eigenvalue weighted by Crippen LogP contribution is 2.28. The van der Waals surface area contributed by atoms with Gasteiger partial charge in [0.15, 0.2) is 0 Å². The molecule has 1 aliphatic carbocycles. The first-order valence-electron chi connectivity index (χ1n) is 12.4. The molecule has 9 nitrogen and oxygen atoms in total. The third-order valence-corrected chi connectivity index (χ3v) is 7.41. The molecule has 0 spiro atoms. The molecule has 1 saturated heterocycles.